The van der Waals surface area contributed by atoms with Crippen LogP contribution in [-0.2, 0) is 11.3 Å². The van der Waals surface area contributed by atoms with Gasteiger partial charge in [-0.2, -0.15) is 4.37 Å². The van der Waals surface area contributed by atoms with Crippen molar-refractivity contribution in [2.75, 3.05) is 13.1 Å². The van der Waals surface area contributed by atoms with Crippen LogP contribution in [0.3, 0.4) is 0 Å². The number of aromatic nitrogens is 3. The predicted molar refractivity (Wildman–Crippen MR) is 99.2 cm³/mol. The third kappa shape index (κ3) is 3.08. The molecular formula is C18H18N4O3S. The lowest BCUT2D eigenvalue weighted by Gasteiger charge is -2.15. The van der Waals surface area contributed by atoms with Crippen LogP contribution in [0.4, 0.5) is 0 Å². The maximum Gasteiger partial charge on any atom is 0.272 e. The van der Waals surface area contributed by atoms with Gasteiger partial charge in [0, 0.05) is 31.6 Å². The minimum atomic E-state index is -0.106. The number of benzene rings is 1. The van der Waals surface area contributed by atoms with Crippen LogP contribution in [0.1, 0.15) is 19.3 Å². The molecule has 1 aliphatic heterocycles. The van der Waals surface area contributed by atoms with Crippen molar-refractivity contribution in [3.8, 4) is 17.0 Å². The first kappa shape index (κ1) is 16.7. The molecule has 0 atom stereocenters. The summed E-state index contributed by atoms with van der Waals surface area (Å²) < 4.78 is 6.49. The maximum absolute atomic E-state index is 12.7. The van der Waals surface area contributed by atoms with E-state index in [1.54, 1.807) is 35.2 Å². The fourth-order valence-electron chi connectivity index (χ4n) is 3.20. The largest absolute Gasteiger partial charge is 0.508 e. The van der Waals surface area contributed by atoms with Gasteiger partial charge in [0.25, 0.3) is 5.56 Å². The Kier molecular flexibility index (Phi) is 4.42. The van der Waals surface area contributed by atoms with Gasteiger partial charge in [-0.05, 0) is 48.6 Å². The van der Waals surface area contributed by atoms with E-state index in [0.29, 0.717) is 35.4 Å². The normalized spacial score (nSPS) is 14.5. The number of carbonyl (C=O) groups is 1. The highest BCUT2D eigenvalue weighted by Crippen LogP contribution is 2.28. The Balaban J connectivity index is 1.55. The van der Waals surface area contributed by atoms with Crippen molar-refractivity contribution in [3.63, 3.8) is 0 Å². The van der Waals surface area contributed by atoms with Crippen LogP contribution in [-0.4, -0.2) is 42.9 Å². The van der Waals surface area contributed by atoms with Crippen LogP contribution < -0.4 is 5.56 Å². The van der Waals surface area contributed by atoms with Gasteiger partial charge >= 0.3 is 0 Å². The van der Waals surface area contributed by atoms with Crippen LogP contribution in [0.5, 0.6) is 5.75 Å². The average molecular weight is 370 g/mol. The number of fused-ring (bicyclic) bond motifs is 1. The van der Waals surface area contributed by atoms with Crippen molar-refractivity contribution in [3.05, 3.63) is 40.9 Å². The number of hydrogen-bond acceptors (Lipinski definition) is 6. The number of aromatic hydroxyl groups is 1. The van der Waals surface area contributed by atoms with Crippen molar-refractivity contribution in [2.24, 2.45) is 0 Å². The third-order valence-electron chi connectivity index (χ3n) is 4.59. The Hall–Kier alpha value is -2.74. The van der Waals surface area contributed by atoms with E-state index in [9.17, 15) is 14.7 Å². The molecule has 0 saturated carbocycles. The Morgan fingerprint density at radius 3 is 2.69 bits per heavy atom. The van der Waals surface area contributed by atoms with Gasteiger partial charge in [-0.3, -0.25) is 14.2 Å². The summed E-state index contributed by atoms with van der Waals surface area (Å²) in [5.41, 5.74) is 1.94. The zero-order chi connectivity index (χ0) is 18.1. The van der Waals surface area contributed by atoms with Gasteiger partial charge < -0.3 is 10.0 Å². The van der Waals surface area contributed by atoms with Crippen LogP contribution in [0.25, 0.3) is 21.5 Å². The van der Waals surface area contributed by atoms with E-state index >= 15 is 0 Å². The lowest BCUT2D eigenvalue weighted by atomic mass is 10.1. The quantitative estimate of drug-likeness (QED) is 0.744. The summed E-state index contributed by atoms with van der Waals surface area (Å²) in [5.74, 6) is 0.381. The molecule has 1 amide bonds. The zero-order valence-corrected chi connectivity index (χ0v) is 14.9. The molecule has 1 fully saturated rings. The Morgan fingerprint density at radius 2 is 1.96 bits per heavy atom. The topological polar surface area (TPSA) is 88.3 Å². The second-order valence-corrected chi connectivity index (χ2v) is 7.11. The highest BCUT2D eigenvalue weighted by Gasteiger charge is 2.19. The van der Waals surface area contributed by atoms with E-state index in [-0.39, 0.29) is 17.2 Å². The van der Waals surface area contributed by atoms with Gasteiger partial charge in [0.1, 0.15) is 21.7 Å². The number of phenolic OH excluding ortho intramolecular Hbond substituents is 1. The summed E-state index contributed by atoms with van der Waals surface area (Å²) in [4.78, 5) is 30.6. The maximum atomic E-state index is 12.7. The fourth-order valence-corrected chi connectivity index (χ4v) is 4.00. The molecule has 26 heavy (non-hydrogen) atoms. The molecule has 134 valence electrons. The zero-order valence-electron chi connectivity index (χ0n) is 14.1. The van der Waals surface area contributed by atoms with Crippen molar-refractivity contribution in [1.82, 2.24) is 18.8 Å². The van der Waals surface area contributed by atoms with E-state index in [4.69, 9.17) is 0 Å². The molecule has 1 aromatic carbocycles. The smallest absolute Gasteiger partial charge is 0.272 e. The Morgan fingerprint density at radius 1 is 1.15 bits per heavy atom. The highest BCUT2D eigenvalue weighted by atomic mass is 32.1. The first-order chi connectivity index (χ1) is 12.6. The van der Waals surface area contributed by atoms with Crippen molar-refractivity contribution in [2.45, 2.75) is 25.8 Å². The van der Waals surface area contributed by atoms with E-state index in [1.165, 1.54) is 0 Å². The van der Waals surface area contributed by atoms with Crippen molar-refractivity contribution >= 4 is 27.7 Å². The molecule has 0 spiro atoms. The summed E-state index contributed by atoms with van der Waals surface area (Å²) >= 11 is 1.14. The summed E-state index contributed by atoms with van der Waals surface area (Å²) in [6.07, 6.45) is 3.83. The lowest BCUT2D eigenvalue weighted by molar-refractivity contribution is -0.127. The summed E-state index contributed by atoms with van der Waals surface area (Å²) in [6, 6.07) is 6.68. The average Bonchev–Trinajstić information content (AvgIpc) is 3.25. The number of carbonyl (C=O) groups excluding carboxylic acids is 1. The minimum Gasteiger partial charge on any atom is -0.508 e. The van der Waals surface area contributed by atoms with Gasteiger partial charge in [-0.1, -0.05) is 0 Å². The fraction of sp³-hybridized carbons (Fsp3) is 0.333. The standard InChI is InChI=1S/C18H18N4O3S/c23-13-6-4-12(5-7-13)15-16-17(26-20-15)18(25)22(11-19-16)10-2-9-21-8-1-3-14(21)24/h4-7,11,23H,1-3,8-10H2. The number of nitrogens with zero attached hydrogens (tertiary/aromatic N) is 4. The Bertz CT molecular complexity index is 1010. The van der Waals surface area contributed by atoms with E-state index in [2.05, 4.69) is 9.36 Å². The number of aryl methyl sites for hydroxylation is 1. The van der Waals surface area contributed by atoms with Crippen LogP contribution in [0, 0.1) is 0 Å². The summed E-state index contributed by atoms with van der Waals surface area (Å²) in [5, 5.41) is 9.41. The highest BCUT2D eigenvalue weighted by molar-refractivity contribution is 7.13. The van der Waals surface area contributed by atoms with Crippen LogP contribution in [0.2, 0.25) is 0 Å². The molecule has 3 heterocycles. The molecule has 0 bridgehead atoms. The number of likely N-dealkylation sites (tertiary alicyclic amines) is 1. The van der Waals surface area contributed by atoms with Crippen LogP contribution in [0.15, 0.2) is 35.4 Å². The number of amides is 1. The van der Waals surface area contributed by atoms with E-state index < -0.39 is 0 Å². The summed E-state index contributed by atoms with van der Waals surface area (Å²) in [6.45, 7) is 2.01. The van der Waals surface area contributed by atoms with Crippen molar-refractivity contribution in [1.29, 1.82) is 0 Å². The Labute approximate surface area is 153 Å². The van der Waals surface area contributed by atoms with Gasteiger partial charge in [-0.25, -0.2) is 4.98 Å². The van der Waals surface area contributed by atoms with Gasteiger partial charge in [0.15, 0.2) is 0 Å². The minimum absolute atomic E-state index is 0.106. The first-order valence-corrected chi connectivity index (χ1v) is 9.33. The van der Waals surface area contributed by atoms with E-state index in [1.807, 2.05) is 4.90 Å². The molecule has 2 aromatic heterocycles. The molecule has 1 saturated heterocycles. The molecule has 1 aliphatic rings. The monoisotopic (exact) mass is 370 g/mol. The molecular weight excluding hydrogens is 352 g/mol. The van der Waals surface area contributed by atoms with Gasteiger partial charge in [-0.15, -0.1) is 0 Å². The molecule has 3 aromatic rings. The number of hydrogen-bond donors (Lipinski definition) is 1. The second kappa shape index (κ2) is 6.87. The molecule has 0 radical (unpaired) electrons. The second-order valence-electron chi connectivity index (χ2n) is 6.34. The molecule has 1 N–H and O–H groups in total. The lowest BCUT2D eigenvalue weighted by Crippen LogP contribution is -2.28. The molecule has 7 nitrogen and oxygen atoms in total. The molecule has 0 aliphatic carbocycles. The van der Waals surface area contributed by atoms with Gasteiger partial charge in [0.2, 0.25) is 5.91 Å². The molecule has 4 rings (SSSR count). The number of phenols is 1. The molecule has 8 heteroatoms. The summed E-state index contributed by atoms with van der Waals surface area (Å²) in [7, 11) is 0. The predicted octanol–water partition coefficient (Wildman–Crippen LogP) is 2.24. The van der Waals surface area contributed by atoms with Gasteiger partial charge in [0.05, 0.1) is 6.33 Å². The first-order valence-electron chi connectivity index (χ1n) is 8.55. The number of rotatable bonds is 5. The van der Waals surface area contributed by atoms with Crippen molar-refractivity contribution < 1.29 is 9.90 Å². The van der Waals surface area contributed by atoms with E-state index in [0.717, 1.165) is 36.5 Å². The van der Waals surface area contributed by atoms with Crippen LogP contribution >= 0.6 is 11.5 Å². The SMILES string of the molecule is O=C1CCCN1CCCn1cnc2c(-c3ccc(O)cc3)nsc2c1=O. The third-order valence-corrected chi connectivity index (χ3v) is 5.41. The molecule has 0 unspecified atom stereocenters.